The average molecular weight is 219 g/mol. The first-order chi connectivity index (χ1) is 6.90. The van der Waals surface area contributed by atoms with E-state index in [1.807, 2.05) is 6.92 Å². The molecule has 0 aliphatic rings. The van der Waals surface area contributed by atoms with Gasteiger partial charge in [0.15, 0.2) is 6.04 Å². The SMILES string of the molecule is CCCC(=O)ON(C)[C@H](C(=O)O)[C@@H](C)O. The van der Waals surface area contributed by atoms with Crippen LogP contribution in [0.3, 0.4) is 0 Å². The Kier molecular flexibility index (Phi) is 5.88. The molecule has 6 heteroatoms. The molecule has 0 heterocycles. The van der Waals surface area contributed by atoms with Gasteiger partial charge >= 0.3 is 11.9 Å². The fourth-order valence-electron chi connectivity index (χ4n) is 1.13. The summed E-state index contributed by atoms with van der Waals surface area (Å²) in [5.41, 5.74) is 0. The Morgan fingerprint density at radius 1 is 1.47 bits per heavy atom. The molecular weight excluding hydrogens is 202 g/mol. The maximum absolute atomic E-state index is 11.1. The molecule has 0 aliphatic carbocycles. The highest BCUT2D eigenvalue weighted by Gasteiger charge is 2.30. The minimum absolute atomic E-state index is 0.219. The van der Waals surface area contributed by atoms with Gasteiger partial charge in [-0.1, -0.05) is 6.92 Å². The Labute approximate surface area is 88.4 Å². The number of nitrogens with zero attached hydrogens (tertiary/aromatic N) is 1. The number of aliphatic carboxylic acids is 1. The summed E-state index contributed by atoms with van der Waals surface area (Å²) >= 11 is 0. The summed E-state index contributed by atoms with van der Waals surface area (Å²) in [7, 11) is 1.30. The number of aliphatic hydroxyl groups is 1. The molecule has 88 valence electrons. The molecule has 0 saturated carbocycles. The highest BCUT2D eigenvalue weighted by atomic mass is 16.7. The van der Waals surface area contributed by atoms with Crippen molar-refractivity contribution in [3.05, 3.63) is 0 Å². The van der Waals surface area contributed by atoms with Gasteiger partial charge in [0.2, 0.25) is 0 Å². The van der Waals surface area contributed by atoms with Gasteiger partial charge in [-0.25, -0.2) is 0 Å². The van der Waals surface area contributed by atoms with E-state index in [1.54, 1.807) is 0 Å². The van der Waals surface area contributed by atoms with Crippen LogP contribution in [0.2, 0.25) is 0 Å². The first-order valence-corrected chi connectivity index (χ1v) is 4.74. The van der Waals surface area contributed by atoms with E-state index in [4.69, 9.17) is 9.94 Å². The molecule has 0 amide bonds. The quantitative estimate of drug-likeness (QED) is 0.612. The lowest BCUT2D eigenvalue weighted by Gasteiger charge is -2.24. The van der Waals surface area contributed by atoms with E-state index in [9.17, 15) is 14.7 Å². The van der Waals surface area contributed by atoms with Crippen molar-refractivity contribution < 1.29 is 24.6 Å². The van der Waals surface area contributed by atoms with Crippen molar-refractivity contribution in [2.24, 2.45) is 0 Å². The first kappa shape index (κ1) is 13.9. The van der Waals surface area contributed by atoms with Crippen molar-refractivity contribution in [3.8, 4) is 0 Å². The standard InChI is InChI=1S/C9H17NO5/c1-4-5-7(12)15-10(3)8(6(2)11)9(13)14/h6,8,11H,4-5H2,1-3H3,(H,13,14)/t6-,8+/m1/s1. The first-order valence-electron chi connectivity index (χ1n) is 4.74. The predicted molar refractivity (Wildman–Crippen MR) is 51.9 cm³/mol. The van der Waals surface area contributed by atoms with Crippen LogP contribution in [0.15, 0.2) is 0 Å². The molecule has 0 bridgehead atoms. The predicted octanol–water partition coefficient (Wildman–Crippen LogP) is 0.0105. The molecule has 0 spiro atoms. The topological polar surface area (TPSA) is 87.1 Å². The fraction of sp³-hybridized carbons (Fsp3) is 0.778. The molecule has 15 heavy (non-hydrogen) atoms. The van der Waals surface area contributed by atoms with Gasteiger partial charge in [0.1, 0.15) is 0 Å². The van der Waals surface area contributed by atoms with Gasteiger partial charge in [0.05, 0.1) is 6.10 Å². The van der Waals surface area contributed by atoms with Gasteiger partial charge in [-0.05, 0) is 13.3 Å². The van der Waals surface area contributed by atoms with Crippen molar-refractivity contribution in [3.63, 3.8) is 0 Å². The number of hydrogen-bond acceptors (Lipinski definition) is 5. The number of carboxylic acids is 1. The molecule has 2 atom stereocenters. The summed E-state index contributed by atoms with van der Waals surface area (Å²) < 4.78 is 0. The van der Waals surface area contributed by atoms with Crippen LogP contribution in [0.1, 0.15) is 26.7 Å². The Balaban J connectivity index is 4.32. The van der Waals surface area contributed by atoms with Gasteiger partial charge in [-0.15, -0.1) is 5.06 Å². The number of hydrogen-bond donors (Lipinski definition) is 2. The zero-order valence-corrected chi connectivity index (χ0v) is 9.14. The molecule has 0 aliphatic heterocycles. The van der Waals surface area contributed by atoms with E-state index in [-0.39, 0.29) is 6.42 Å². The lowest BCUT2D eigenvalue weighted by Crippen LogP contribution is -2.46. The van der Waals surface area contributed by atoms with Crippen LogP contribution in [-0.2, 0) is 14.4 Å². The van der Waals surface area contributed by atoms with Gasteiger partial charge < -0.3 is 15.1 Å². The summed E-state index contributed by atoms with van der Waals surface area (Å²) in [5, 5.41) is 18.8. The summed E-state index contributed by atoms with van der Waals surface area (Å²) in [5.74, 6) is -1.75. The third-order valence-corrected chi connectivity index (χ3v) is 1.80. The summed E-state index contributed by atoms with van der Waals surface area (Å²) in [6.45, 7) is 3.13. The highest BCUT2D eigenvalue weighted by molar-refractivity contribution is 5.74. The van der Waals surface area contributed by atoms with E-state index in [2.05, 4.69) is 0 Å². The number of carboxylic acid groups (broad SMARTS) is 1. The van der Waals surface area contributed by atoms with Crippen LogP contribution in [0, 0.1) is 0 Å². The van der Waals surface area contributed by atoms with Crippen LogP contribution >= 0.6 is 0 Å². The fourth-order valence-corrected chi connectivity index (χ4v) is 1.13. The smallest absolute Gasteiger partial charge is 0.327 e. The third kappa shape index (κ3) is 4.75. The van der Waals surface area contributed by atoms with Crippen LogP contribution < -0.4 is 0 Å². The number of carbonyl (C=O) groups is 2. The Morgan fingerprint density at radius 3 is 2.33 bits per heavy atom. The second kappa shape index (κ2) is 6.36. The minimum Gasteiger partial charge on any atom is -0.480 e. The molecular formula is C9H17NO5. The van der Waals surface area contributed by atoms with Crippen LogP contribution in [0.5, 0.6) is 0 Å². The van der Waals surface area contributed by atoms with Gasteiger partial charge in [-0.2, -0.15) is 0 Å². The Hall–Kier alpha value is -1.14. The van der Waals surface area contributed by atoms with Crippen molar-refractivity contribution >= 4 is 11.9 Å². The van der Waals surface area contributed by atoms with Crippen molar-refractivity contribution in [2.45, 2.75) is 38.8 Å². The number of likely N-dealkylation sites (N-methyl/N-ethyl adjacent to an activating group) is 1. The van der Waals surface area contributed by atoms with E-state index in [0.717, 1.165) is 5.06 Å². The number of carbonyl (C=O) groups excluding carboxylic acids is 1. The Morgan fingerprint density at radius 2 is 2.00 bits per heavy atom. The Bertz CT molecular complexity index is 229. The molecule has 0 fully saturated rings. The van der Waals surface area contributed by atoms with Crippen molar-refractivity contribution in [1.29, 1.82) is 0 Å². The highest BCUT2D eigenvalue weighted by Crippen LogP contribution is 2.05. The zero-order valence-electron chi connectivity index (χ0n) is 9.14. The lowest BCUT2D eigenvalue weighted by atomic mass is 10.2. The molecule has 6 nitrogen and oxygen atoms in total. The van der Waals surface area contributed by atoms with E-state index >= 15 is 0 Å². The normalized spacial score (nSPS) is 14.7. The van der Waals surface area contributed by atoms with Crippen LogP contribution in [-0.4, -0.2) is 46.4 Å². The molecule has 0 aromatic carbocycles. The second-order valence-electron chi connectivity index (χ2n) is 3.28. The maximum Gasteiger partial charge on any atom is 0.327 e. The third-order valence-electron chi connectivity index (χ3n) is 1.80. The molecule has 0 aromatic rings. The average Bonchev–Trinajstić information content (AvgIpc) is 2.01. The van der Waals surface area contributed by atoms with Gasteiger partial charge in [0, 0.05) is 13.5 Å². The van der Waals surface area contributed by atoms with Crippen molar-refractivity contribution in [1.82, 2.24) is 5.06 Å². The lowest BCUT2D eigenvalue weighted by molar-refractivity contribution is -0.206. The summed E-state index contributed by atoms with van der Waals surface area (Å²) in [6, 6.07) is -1.24. The monoisotopic (exact) mass is 219 g/mol. The van der Waals surface area contributed by atoms with E-state index in [0.29, 0.717) is 6.42 Å². The molecule has 0 radical (unpaired) electrons. The number of rotatable bonds is 6. The van der Waals surface area contributed by atoms with Crippen molar-refractivity contribution in [2.75, 3.05) is 7.05 Å². The van der Waals surface area contributed by atoms with Gasteiger partial charge in [-0.3, -0.25) is 9.59 Å². The van der Waals surface area contributed by atoms with Crippen LogP contribution in [0.4, 0.5) is 0 Å². The van der Waals surface area contributed by atoms with E-state index < -0.39 is 24.1 Å². The van der Waals surface area contributed by atoms with Gasteiger partial charge in [0.25, 0.3) is 0 Å². The molecule has 0 saturated heterocycles. The number of hydroxylamine groups is 2. The number of aliphatic hydroxyl groups excluding tert-OH is 1. The second-order valence-corrected chi connectivity index (χ2v) is 3.28. The zero-order chi connectivity index (χ0) is 12.0. The molecule has 2 N–H and O–H groups in total. The summed E-state index contributed by atoms with van der Waals surface area (Å²) in [6.07, 6.45) is -0.280. The minimum atomic E-state index is -1.24. The molecule has 0 unspecified atom stereocenters. The van der Waals surface area contributed by atoms with E-state index in [1.165, 1.54) is 14.0 Å². The maximum atomic E-state index is 11.1. The van der Waals surface area contributed by atoms with Crippen LogP contribution in [0.25, 0.3) is 0 Å². The summed E-state index contributed by atoms with van der Waals surface area (Å²) in [4.78, 5) is 26.5. The molecule has 0 aromatic heterocycles. The largest absolute Gasteiger partial charge is 0.480 e. The molecule has 0 rings (SSSR count).